The maximum atomic E-state index is 12.8. The number of carbonyl (C=O) groups is 2. The first-order chi connectivity index (χ1) is 23.4. The van der Waals surface area contributed by atoms with Crippen LogP contribution >= 0.6 is 0 Å². The average Bonchev–Trinajstić information content (AvgIpc) is 3.51. The van der Waals surface area contributed by atoms with E-state index in [1.54, 1.807) is 0 Å². The number of amides is 1. The molecule has 2 saturated heterocycles. The highest BCUT2D eigenvalue weighted by atomic mass is 16.7. The van der Waals surface area contributed by atoms with E-state index in [4.69, 9.17) is 31.4 Å². The lowest BCUT2D eigenvalue weighted by molar-refractivity contribution is -0.272. The molecule has 0 aromatic heterocycles. The fraction of sp³-hybridized carbons (Fsp3) is 0.872. The molecular formula is C39H65N5O5. The molecule has 7 N–H and O–H groups in total. The minimum atomic E-state index is -0.570. The number of unbranched alkanes of at least 4 members (excludes halogenated alkanes) is 2. The minimum absolute atomic E-state index is 0.0144. The number of hydrogen-bond donors (Lipinski definition) is 4. The van der Waals surface area contributed by atoms with Crippen LogP contribution in [0.3, 0.4) is 0 Å². The Labute approximate surface area is 294 Å². The Morgan fingerprint density at radius 2 is 1.88 bits per heavy atom. The number of guanidine groups is 1. The third kappa shape index (κ3) is 7.30. The van der Waals surface area contributed by atoms with Gasteiger partial charge < -0.3 is 36.7 Å². The number of aliphatic imine (C=N–C) groups is 1. The third-order valence-corrected chi connectivity index (χ3v) is 14.3. The Morgan fingerprint density at radius 3 is 2.63 bits per heavy atom. The van der Waals surface area contributed by atoms with E-state index in [9.17, 15) is 9.59 Å². The zero-order valence-corrected chi connectivity index (χ0v) is 30.7. The molecule has 4 aliphatic carbocycles. The summed E-state index contributed by atoms with van der Waals surface area (Å²) in [6.07, 6.45) is 17.0. The molecule has 49 heavy (non-hydrogen) atoms. The first-order valence-electron chi connectivity index (χ1n) is 19.7. The summed E-state index contributed by atoms with van der Waals surface area (Å²) in [4.78, 5) is 28.9. The van der Waals surface area contributed by atoms with Gasteiger partial charge in [0.15, 0.2) is 11.7 Å². The topological polar surface area (TPSA) is 164 Å². The summed E-state index contributed by atoms with van der Waals surface area (Å²) in [5.74, 6) is 3.25. The number of nitrogens with one attached hydrogen (secondary N) is 1. The van der Waals surface area contributed by atoms with Crippen LogP contribution in [0.2, 0.25) is 0 Å². The van der Waals surface area contributed by atoms with Crippen molar-refractivity contribution in [2.45, 2.75) is 148 Å². The van der Waals surface area contributed by atoms with E-state index in [1.807, 2.05) is 0 Å². The van der Waals surface area contributed by atoms with E-state index in [-0.39, 0.29) is 35.1 Å². The summed E-state index contributed by atoms with van der Waals surface area (Å²) in [7, 11) is 0. The van der Waals surface area contributed by atoms with Crippen LogP contribution in [0.25, 0.3) is 0 Å². The molecule has 0 unspecified atom stereocenters. The minimum Gasteiger partial charge on any atom is -0.462 e. The molecule has 6 rings (SSSR count). The predicted molar refractivity (Wildman–Crippen MR) is 191 cm³/mol. The van der Waals surface area contributed by atoms with Crippen LogP contribution < -0.4 is 22.5 Å². The van der Waals surface area contributed by atoms with Gasteiger partial charge in [-0.15, -0.1) is 0 Å². The lowest BCUT2D eigenvalue weighted by Gasteiger charge is -2.58. The van der Waals surface area contributed by atoms with Gasteiger partial charge in [0.25, 0.3) is 0 Å². The maximum Gasteiger partial charge on any atom is 0.306 e. The van der Waals surface area contributed by atoms with E-state index >= 15 is 0 Å². The first-order valence-corrected chi connectivity index (χ1v) is 19.7. The average molecular weight is 684 g/mol. The van der Waals surface area contributed by atoms with Gasteiger partial charge in [0.1, 0.15) is 6.10 Å². The molecule has 5 fully saturated rings. The van der Waals surface area contributed by atoms with Gasteiger partial charge in [-0.1, -0.05) is 45.8 Å². The highest BCUT2D eigenvalue weighted by Gasteiger charge is 2.68. The molecule has 0 aromatic carbocycles. The van der Waals surface area contributed by atoms with Crippen LogP contribution in [0.4, 0.5) is 0 Å². The molecule has 276 valence electrons. The van der Waals surface area contributed by atoms with Crippen molar-refractivity contribution in [1.82, 2.24) is 5.32 Å². The molecule has 2 heterocycles. The van der Waals surface area contributed by atoms with Crippen LogP contribution in [0.15, 0.2) is 16.6 Å². The van der Waals surface area contributed by atoms with E-state index in [0.29, 0.717) is 79.4 Å². The molecule has 1 spiro atoms. The quantitative estimate of drug-likeness (QED) is 0.0706. The summed E-state index contributed by atoms with van der Waals surface area (Å²) in [5.41, 5.74) is 18.7. The van der Waals surface area contributed by atoms with Gasteiger partial charge in [-0.25, -0.2) is 0 Å². The fourth-order valence-electron chi connectivity index (χ4n) is 11.6. The number of rotatable bonds is 12. The number of nitrogens with zero attached hydrogens (tertiary/aromatic N) is 1. The molecule has 1 amide bonds. The zero-order chi connectivity index (χ0) is 35.0. The van der Waals surface area contributed by atoms with Gasteiger partial charge in [-0.3, -0.25) is 14.6 Å². The summed E-state index contributed by atoms with van der Waals surface area (Å²) in [6, 6.07) is -0.570. The SMILES string of the molecule is C[C@@H]1CC[C@@]2(OC1)O[C@H]1C[C@H]3[C@@H]4CC=C5C[C@@H](OC(=O)CCCCCNC(=O)[C@H](N)CCCN=C(N)N)CC[C@]5(C)[C@H]4CC[C@]3(C)[C@H]1[C@@H]2C. The smallest absolute Gasteiger partial charge is 0.306 e. The van der Waals surface area contributed by atoms with E-state index < -0.39 is 6.04 Å². The Balaban J connectivity index is 0.932. The second kappa shape index (κ2) is 14.8. The van der Waals surface area contributed by atoms with Crippen molar-refractivity contribution in [2.24, 2.45) is 68.5 Å². The Kier molecular flexibility index (Phi) is 11.1. The first kappa shape index (κ1) is 36.6. The third-order valence-electron chi connectivity index (χ3n) is 14.3. The number of esters is 1. The van der Waals surface area contributed by atoms with Crippen molar-refractivity contribution in [2.75, 3.05) is 19.7 Å². The summed E-state index contributed by atoms with van der Waals surface area (Å²) in [5, 5.41) is 2.89. The molecule has 10 heteroatoms. The standard InChI is InChI=1S/C39H65N5O5/c1-24-13-18-39(47-23-24)25(2)34-32(49-39)22-30-28-12-11-26-21-27(14-16-37(26,3)29(28)15-17-38(30,34)4)48-33(45)10-6-5-7-19-43-35(46)31(40)9-8-20-44-36(41)42/h11,24-25,27-32,34H,5-10,12-23,40H2,1-4H3,(H,43,46)(H4,41,42,44)/t24-,25+,27+,28-,29+,30+,31-,32+,34+,37+,38+,39-/m1/s1. The highest BCUT2D eigenvalue weighted by molar-refractivity contribution is 5.81. The molecule has 0 aromatic rings. The summed E-state index contributed by atoms with van der Waals surface area (Å²) in [6.45, 7) is 11.7. The number of allylic oxidation sites excluding steroid dienone is 1. The Morgan fingerprint density at radius 1 is 1.06 bits per heavy atom. The second-order valence-electron chi connectivity index (χ2n) is 17.3. The molecule has 2 aliphatic heterocycles. The summed E-state index contributed by atoms with van der Waals surface area (Å²) >= 11 is 0. The van der Waals surface area contributed by atoms with Gasteiger partial charge in [0.05, 0.1) is 18.8 Å². The van der Waals surface area contributed by atoms with Crippen LogP contribution in [0.1, 0.15) is 124 Å². The predicted octanol–water partition coefficient (Wildman–Crippen LogP) is 5.32. The van der Waals surface area contributed by atoms with Crippen LogP contribution in [0.5, 0.6) is 0 Å². The van der Waals surface area contributed by atoms with E-state index in [2.05, 4.69) is 44.1 Å². The molecule has 6 aliphatic rings. The van der Waals surface area contributed by atoms with Crippen LogP contribution in [0, 0.1) is 46.3 Å². The van der Waals surface area contributed by atoms with Crippen molar-refractivity contribution >= 4 is 17.8 Å². The monoisotopic (exact) mass is 683 g/mol. The molecule has 12 atom stereocenters. The van der Waals surface area contributed by atoms with Gasteiger partial charge in [0, 0.05) is 38.3 Å². The highest BCUT2D eigenvalue weighted by Crippen LogP contribution is 2.70. The van der Waals surface area contributed by atoms with Crippen LogP contribution in [-0.2, 0) is 23.8 Å². The van der Waals surface area contributed by atoms with Crippen molar-refractivity contribution in [3.63, 3.8) is 0 Å². The molecule has 10 nitrogen and oxygen atoms in total. The Bertz CT molecular complexity index is 1260. The van der Waals surface area contributed by atoms with Gasteiger partial charge in [-0.2, -0.15) is 0 Å². The number of hydrogen-bond acceptors (Lipinski definition) is 7. The molecule has 3 saturated carbocycles. The number of carbonyl (C=O) groups excluding carboxylic acids is 2. The van der Waals surface area contributed by atoms with Crippen molar-refractivity contribution in [3.05, 3.63) is 11.6 Å². The van der Waals surface area contributed by atoms with Crippen molar-refractivity contribution in [3.8, 4) is 0 Å². The van der Waals surface area contributed by atoms with Gasteiger partial charge in [0.2, 0.25) is 5.91 Å². The number of nitrogens with two attached hydrogens (primary N) is 3. The zero-order valence-electron chi connectivity index (χ0n) is 30.7. The van der Waals surface area contributed by atoms with Crippen molar-refractivity contribution in [1.29, 1.82) is 0 Å². The lowest BCUT2D eigenvalue weighted by Crippen LogP contribution is -2.52. The lowest BCUT2D eigenvalue weighted by atomic mass is 9.47. The van der Waals surface area contributed by atoms with Crippen LogP contribution in [-0.4, -0.2) is 61.6 Å². The number of fused-ring (bicyclic) bond motifs is 7. The second-order valence-corrected chi connectivity index (χ2v) is 17.3. The van der Waals surface area contributed by atoms with Gasteiger partial charge in [-0.05, 0) is 111 Å². The fourth-order valence-corrected chi connectivity index (χ4v) is 11.6. The number of ether oxygens (including phenoxy) is 3. The maximum absolute atomic E-state index is 12.8. The summed E-state index contributed by atoms with van der Waals surface area (Å²) < 4.78 is 19.5. The van der Waals surface area contributed by atoms with Gasteiger partial charge >= 0.3 is 5.97 Å². The Hall–Kier alpha value is -2.17. The normalized spacial score (nSPS) is 41.4. The van der Waals surface area contributed by atoms with E-state index in [1.165, 1.54) is 31.3 Å². The largest absolute Gasteiger partial charge is 0.462 e. The van der Waals surface area contributed by atoms with Crippen molar-refractivity contribution < 1.29 is 23.8 Å². The molecule has 0 radical (unpaired) electrons. The van der Waals surface area contributed by atoms with E-state index in [0.717, 1.165) is 58.0 Å². The molecular weight excluding hydrogens is 618 g/mol. The molecule has 0 bridgehead atoms.